The van der Waals surface area contributed by atoms with Crippen LogP contribution in [0.15, 0.2) is 4.99 Å². The quantitative estimate of drug-likeness (QED) is 0.389. The van der Waals surface area contributed by atoms with E-state index >= 15 is 0 Å². The highest BCUT2D eigenvalue weighted by Gasteiger charge is 2.20. The van der Waals surface area contributed by atoms with E-state index in [1.165, 1.54) is 12.8 Å². The van der Waals surface area contributed by atoms with Crippen molar-refractivity contribution in [3.63, 3.8) is 0 Å². The van der Waals surface area contributed by atoms with Gasteiger partial charge in [-0.1, -0.05) is 26.7 Å². The third-order valence-corrected chi connectivity index (χ3v) is 5.49. The fraction of sp³-hybridized carbons (Fsp3) is 0.933. The first-order valence-corrected chi connectivity index (χ1v) is 10.1. The second-order valence-corrected chi connectivity index (χ2v) is 8.61. The Morgan fingerprint density at radius 2 is 1.77 bits per heavy atom. The molecule has 0 unspecified atom stereocenters. The van der Waals surface area contributed by atoms with Gasteiger partial charge in [-0.05, 0) is 12.3 Å². The first-order valence-electron chi connectivity index (χ1n) is 8.30. The standard InChI is InChI=1S/C15H32N4O2S/c1-14(2)6-4-5-7-17-15(16-3)18-8-9-19-10-12-22(20,21)13-11-19/h14H,4-13H2,1-3H3,(H2,16,17,18). The average Bonchev–Trinajstić information content (AvgIpc) is 2.46. The molecule has 7 heteroatoms. The molecule has 2 N–H and O–H groups in total. The zero-order valence-corrected chi connectivity index (χ0v) is 15.1. The summed E-state index contributed by atoms with van der Waals surface area (Å²) in [5.41, 5.74) is 0. The van der Waals surface area contributed by atoms with Crippen molar-refractivity contribution in [2.24, 2.45) is 10.9 Å². The van der Waals surface area contributed by atoms with E-state index in [1.807, 2.05) is 0 Å². The molecule has 6 nitrogen and oxygen atoms in total. The third kappa shape index (κ3) is 8.58. The number of rotatable bonds is 8. The fourth-order valence-electron chi connectivity index (χ4n) is 2.41. The van der Waals surface area contributed by atoms with Crippen molar-refractivity contribution >= 4 is 15.8 Å². The number of hydrogen-bond acceptors (Lipinski definition) is 4. The maximum atomic E-state index is 11.4. The van der Waals surface area contributed by atoms with Crippen molar-refractivity contribution in [3.8, 4) is 0 Å². The highest BCUT2D eigenvalue weighted by molar-refractivity contribution is 7.91. The maximum Gasteiger partial charge on any atom is 0.191 e. The van der Waals surface area contributed by atoms with E-state index in [4.69, 9.17) is 0 Å². The number of unbranched alkanes of at least 4 members (excludes halogenated alkanes) is 1. The Hall–Kier alpha value is -0.820. The Morgan fingerprint density at radius 3 is 2.36 bits per heavy atom. The predicted octanol–water partition coefficient (Wildman–Crippen LogP) is 0.708. The van der Waals surface area contributed by atoms with Crippen LogP contribution in [0, 0.1) is 5.92 Å². The van der Waals surface area contributed by atoms with Crippen LogP contribution in [-0.2, 0) is 9.84 Å². The molecular weight excluding hydrogens is 300 g/mol. The minimum absolute atomic E-state index is 0.288. The zero-order chi connectivity index (χ0) is 16.4. The lowest BCUT2D eigenvalue weighted by Gasteiger charge is -2.26. The van der Waals surface area contributed by atoms with Crippen molar-refractivity contribution in [3.05, 3.63) is 0 Å². The molecule has 0 atom stereocenters. The molecule has 1 fully saturated rings. The predicted molar refractivity (Wildman–Crippen MR) is 93.1 cm³/mol. The van der Waals surface area contributed by atoms with Gasteiger partial charge in [0.25, 0.3) is 0 Å². The lowest BCUT2D eigenvalue weighted by atomic mass is 10.1. The van der Waals surface area contributed by atoms with Gasteiger partial charge in [-0.25, -0.2) is 8.42 Å². The van der Waals surface area contributed by atoms with E-state index in [-0.39, 0.29) is 11.5 Å². The molecule has 1 aliphatic rings. The lowest BCUT2D eigenvalue weighted by molar-refractivity contribution is 0.299. The molecule has 0 amide bonds. The van der Waals surface area contributed by atoms with Crippen LogP contribution in [0.5, 0.6) is 0 Å². The fourth-order valence-corrected chi connectivity index (χ4v) is 3.69. The van der Waals surface area contributed by atoms with Gasteiger partial charge < -0.3 is 10.6 Å². The van der Waals surface area contributed by atoms with E-state index in [0.717, 1.165) is 37.9 Å². The van der Waals surface area contributed by atoms with Crippen molar-refractivity contribution < 1.29 is 8.42 Å². The summed E-state index contributed by atoms with van der Waals surface area (Å²) in [6.07, 6.45) is 3.67. The average molecular weight is 333 g/mol. The van der Waals surface area contributed by atoms with Gasteiger partial charge >= 0.3 is 0 Å². The van der Waals surface area contributed by atoms with Crippen molar-refractivity contribution in [1.82, 2.24) is 15.5 Å². The Balaban J connectivity index is 2.09. The van der Waals surface area contributed by atoms with Gasteiger partial charge in [0.2, 0.25) is 0 Å². The zero-order valence-electron chi connectivity index (χ0n) is 14.3. The highest BCUT2D eigenvalue weighted by atomic mass is 32.2. The Kier molecular flexibility index (Phi) is 8.78. The molecule has 130 valence electrons. The van der Waals surface area contributed by atoms with Gasteiger partial charge in [-0.15, -0.1) is 0 Å². The number of guanidine groups is 1. The van der Waals surface area contributed by atoms with Gasteiger partial charge in [0.05, 0.1) is 11.5 Å². The van der Waals surface area contributed by atoms with E-state index in [0.29, 0.717) is 13.1 Å². The molecule has 0 bridgehead atoms. The molecule has 22 heavy (non-hydrogen) atoms. The molecule has 0 spiro atoms. The minimum atomic E-state index is -2.78. The molecular formula is C15H32N4O2S. The number of hydrogen-bond donors (Lipinski definition) is 2. The summed E-state index contributed by atoms with van der Waals surface area (Å²) in [6, 6.07) is 0. The SMILES string of the molecule is CN=C(NCCCCC(C)C)NCCN1CCS(=O)(=O)CC1. The summed E-state index contributed by atoms with van der Waals surface area (Å²) in [5.74, 6) is 2.17. The van der Waals surface area contributed by atoms with Crippen molar-refractivity contribution in [2.75, 3.05) is 51.3 Å². The summed E-state index contributed by atoms with van der Waals surface area (Å²) in [7, 11) is -1.01. The topological polar surface area (TPSA) is 73.8 Å². The molecule has 1 rings (SSSR count). The minimum Gasteiger partial charge on any atom is -0.356 e. The molecule has 0 saturated carbocycles. The van der Waals surface area contributed by atoms with Gasteiger partial charge in [-0.2, -0.15) is 0 Å². The summed E-state index contributed by atoms with van der Waals surface area (Å²) < 4.78 is 22.7. The van der Waals surface area contributed by atoms with Crippen LogP contribution in [0.25, 0.3) is 0 Å². The second-order valence-electron chi connectivity index (χ2n) is 6.31. The highest BCUT2D eigenvalue weighted by Crippen LogP contribution is 2.05. The summed E-state index contributed by atoms with van der Waals surface area (Å²) in [4.78, 5) is 6.39. The van der Waals surface area contributed by atoms with Crippen molar-refractivity contribution in [1.29, 1.82) is 0 Å². The molecule has 0 aromatic carbocycles. The van der Waals surface area contributed by atoms with Crippen LogP contribution >= 0.6 is 0 Å². The van der Waals surface area contributed by atoms with Gasteiger partial charge in [0, 0.05) is 39.8 Å². The number of sulfone groups is 1. The van der Waals surface area contributed by atoms with E-state index < -0.39 is 9.84 Å². The molecule has 0 aliphatic carbocycles. The van der Waals surface area contributed by atoms with Crippen LogP contribution in [0.3, 0.4) is 0 Å². The third-order valence-electron chi connectivity index (χ3n) is 3.88. The molecule has 0 aromatic heterocycles. The largest absolute Gasteiger partial charge is 0.356 e. The van der Waals surface area contributed by atoms with Crippen LogP contribution in [0.1, 0.15) is 33.1 Å². The number of aliphatic imine (C=N–C) groups is 1. The summed E-state index contributed by atoms with van der Waals surface area (Å²) >= 11 is 0. The molecule has 1 heterocycles. The smallest absolute Gasteiger partial charge is 0.191 e. The first-order chi connectivity index (χ1) is 10.4. The van der Waals surface area contributed by atoms with Crippen LogP contribution in [0.4, 0.5) is 0 Å². The second kappa shape index (κ2) is 10.0. The van der Waals surface area contributed by atoms with Gasteiger partial charge in [0.15, 0.2) is 15.8 Å². The van der Waals surface area contributed by atoms with E-state index in [1.54, 1.807) is 7.05 Å². The Bertz CT molecular complexity index is 421. The van der Waals surface area contributed by atoms with Gasteiger partial charge in [0.1, 0.15) is 0 Å². The Morgan fingerprint density at radius 1 is 1.14 bits per heavy atom. The molecule has 1 saturated heterocycles. The normalized spacial score (nSPS) is 19.4. The summed E-state index contributed by atoms with van der Waals surface area (Å²) in [5, 5.41) is 6.60. The van der Waals surface area contributed by atoms with Crippen LogP contribution < -0.4 is 10.6 Å². The summed E-state index contributed by atoms with van der Waals surface area (Å²) in [6.45, 7) is 8.36. The van der Waals surface area contributed by atoms with Crippen LogP contribution in [-0.4, -0.2) is 70.6 Å². The number of nitrogens with zero attached hydrogens (tertiary/aromatic N) is 2. The molecule has 0 aromatic rings. The number of nitrogens with one attached hydrogen (secondary N) is 2. The first kappa shape index (κ1) is 19.2. The lowest BCUT2D eigenvalue weighted by Crippen LogP contribution is -2.46. The van der Waals surface area contributed by atoms with Gasteiger partial charge in [-0.3, -0.25) is 9.89 Å². The van der Waals surface area contributed by atoms with E-state index in [9.17, 15) is 8.42 Å². The Labute approximate surface area is 135 Å². The maximum absolute atomic E-state index is 11.4. The van der Waals surface area contributed by atoms with Crippen LogP contribution in [0.2, 0.25) is 0 Å². The monoisotopic (exact) mass is 332 g/mol. The van der Waals surface area contributed by atoms with Crippen molar-refractivity contribution in [2.45, 2.75) is 33.1 Å². The van der Waals surface area contributed by atoms with E-state index in [2.05, 4.69) is 34.4 Å². The molecule has 0 radical (unpaired) electrons. The molecule has 1 aliphatic heterocycles.